The molecule has 0 radical (unpaired) electrons. The molecule has 0 fully saturated rings. The van der Waals surface area contributed by atoms with E-state index in [0.29, 0.717) is 11.4 Å². The third-order valence-corrected chi connectivity index (χ3v) is 3.83. The van der Waals surface area contributed by atoms with Crippen LogP contribution in [-0.4, -0.2) is 4.92 Å². The van der Waals surface area contributed by atoms with Crippen molar-refractivity contribution in [3.05, 3.63) is 52.0 Å². The van der Waals surface area contributed by atoms with E-state index in [1.54, 1.807) is 24.1 Å². The van der Waals surface area contributed by atoms with Crippen molar-refractivity contribution in [2.45, 2.75) is 17.6 Å². The van der Waals surface area contributed by atoms with E-state index in [0.717, 1.165) is 16.2 Å². The molecule has 0 bridgehead atoms. The standard InChI is InChI=1S/C12H13N3O3S/c1-8-12(4-5-18-8)19-7-9-2-3-10(14-13)11(6-9)15(16)17/h2-6,14H,7,13H2,1H3. The first kappa shape index (κ1) is 13.4. The predicted octanol–water partition coefficient (Wildman–Crippen LogP) is 3.07. The normalized spacial score (nSPS) is 10.4. The number of hydrogen-bond donors (Lipinski definition) is 2. The highest BCUT2D eigenvalue weighted by molar-refractivity contribution is 7.98. The van der Waals surface area contributed by atoms with Gasteiger partial charge in [-0.2, -0.15) is 0 Å². The molecule has 0 atom stereocenters. The summed E-state index contributed by atoms with van der Waals surface area (Å²) in [6.07, 6.45) is 1.63. The van der Waals surface area contributed by atoms with Crippen molar-refractivity contribution in [1.29, 1.82) is 0 Å². The van der Waals surface area contributed by atoms with Gasteiger partial charge < -0.3 is 9.84 Å². The Morgan fingerprint density at radius 1 is 1.47 bits per heavy atom. The monoisotopic (exact) mass is 279 g/mol. The van der Waals surface area contributed by atoms with Crippen molar-refractivity contribution in [3.63, 3.8) is 0 Å². The summed E-state index contributed by atoms with van der Waals surface area (Å²) in [7, 11) is 0. The van der Waals surface area contributed by atoms with Crippen LogP contribution in [0.2, 0.25) is 0 Å². The number of hydrazine groups is 1. The molecule has 7 heteroatoms. The lowest BCUT2D eigenvalue weighted by Crippen LogP contribution is -2.09. The van der Waals surface area contributed by atoms with Gasteiger partial charge in [0.25, 0.3) is 5.69 Å². The van der Waals surface area contributed by atoms with E-state index < -0.39 is 4.92 Å². The van der Waals surface area contributed by atoms with Gasteiger partial charge in [-0.05, 0) is 24.6 Å². The summed E-state index contributed by atoms with van der Waals surface area (Å²) >= 11 is 1.57. The highest BCUT2D eigenvalue weighted by Gasteiger charge is 2.14. The molecule has 1 aromatic carbocycles. The molecule has 2 aromatic rings. The molecule has 3 N–H and O–H groups in total. The number of nitro groups is 1. The first-order valence-electron chi connectivity index (χ1n) is 5.52. The molecule has 6 nitrogen and oxygen atoms in total. The molecule has 0 aliphatic rings. The van der Waals surface area contributed by atoms with Gasteiger partial charge in [-0.25, -0.2) is 0 Å². The zero-order valence-corrected chi connectivity index (χ0v) is 11.1. The Kier molecular flexibility index (Phi) is 4.08. The van der Waals surface area contributed by atoms with Crippen molar-refractivity contribution >= 4 is 23.1 Å². The van der Waals surface area contributed by atoms with Crippen molar-refractivity contribution in [1.82, 2.24) is 0 Å². The summed E-state index contributed by atoms with van der Waals surface area (Å²) in [6, 6.07) is 6.82. The smallest absolute Gasteiger partial charge is 0.293 e. The van der Waals surface area contributed by atoms with Crippen LogP contribution in [-0.2, 0) is 5.75 Å². The lowest BCUT2D eigenvalue weighted by Gasteiger charge is -2.05. The minimum atomic E-state index is -0.452. The van der Waals surface area contributed by atoms with Crippen LogP contribution in [0.3, 0.4) is 0 Å². The van der Waals surface area contributed by atoms with E-state index in [1.807, 2.05) is 19.1 Å². The lowest BCUT2D eigenvalue weighted by molar-refractivity contribution is -0.384. The molecule has 2 rings (SSSR count). The maximum Gasteiger partial charge on any atom is 0.293 e. The molecule has 0 amide bonds. The van der Waals surface area contributed by atoms with Crippen molar-refractivity contribution in [3.8, 4) is 0 Å². The summed E-state index contributed by atoms with van der Waals surface area (Å²) in [6.45, 7) is 1.88. The topological polar surface area (TPSA) is 94.3 Å². The fourth-order valence-electron chi connectivity index (χ4n) is 1.62. The number of aryl methyl sites for hydroxylation is 1. The fourth-order valence-corrected chi connectivity index (χ4v) is 2.53. The maximum absolute atomic E-state index is 10.9. The van der Waals surface area contributed by atoms with Crippen LogP contribution in [0.5, 0.6) is 0 Å². The van der Waals surface area contributed by atoms with E-state index >= 15 is 0 Å². The van der Waals surface area contributed by atoms with Gasteiger partial charge in [-0.15, -0.1) is 11.8 Å². The SMILES string of the molecule is Cc1occc1SCc1ccc(NN)c([N+](=O)[O-])c1. The van der Waals surface area contributed by atoms with Crippen LogP contribution < -0.4 is 11.3 Å². The number of nitrogens with one attached hydrogen (secondary N) is 1. The number of nitro benzene ring substituents is 1. The second-order valence-electron chi connectivity index (χ2n) is 3.88. The molecule has 1 heterocycles. The second-order valence-corrected chi connectivity index (χ2v) is 4.90. The molecule has 0 aliphatic heterocycles. The summed E-state index contributed by atoms with van der Waals surface area (Å²) in [5.41, 5.74) is 3.46. The number of nitrogens with zero attached hydrogens (tertiary/aromatic N) is 1. The first-order chi connectivity index (χ1) is 9.11. The molecular formula is C12H13N3O3S. The lowest BCUT2D eigenvalue weighted by atomic mass is 10.2. The zero-order chi connectivity index (χ0) is 13.8. The maximum atomic E-state index is 10.9. The van der Waals surface area contributed by atoms with Crippen LogP contribution in [0.25, 0.3) is 0 Å². The van der Waals surface area contributed by atoms with Crippen molar-refractivity contribution in [2.75, 3.05) is 5.43 Å². The van der Waals surface area contributed by atoms with Crippen LogP contribution in [0, 0.1) is 17.0 Å². The largest absolute Gasteiger partial charge is 0.468 e. The summed E-state index contributed by atoms with van der Waals surface area (Å²) in [5.74, 6) is 6.72. The predicted molar refractivity (Wildman–Crippen MR) is 73.9 cm³/mol. The van der Waals surface area contributed by atoms with Crippen LogP contribution in [0.15, 0.2) is 39.8 Å². The Bertz CT molecular complexity index is 598. The number of rotatable bonds is 5. The van der Waals surface area contributed by atoms with E-state index in [1.165, 1.54) is 6.07 Å². The van der Waals surface area contributed by atoms with Gasteiger partial charge in [0.1, 0.15) is 11.4 Å². The molecule has 0 unspecified atom stereocenters. The first-order valence-corrected chi connectivity index (χ1v) is 6.51. The third-order valence-electron chi connectivity index (χ3n) is 2.62. The van der Waals surface area contributed by atoms with E-state index in [9.17, 15) is 10.1 Å². The molecule has 0 saturated heterocycles. The summed E-state index contributed by atoms with van der Waals surface area (Å²) < 4.78 is 5.20. The van der Waals surface area contributed by atoms with Crippen LogP contribution in [0.4, 0.5) is 11.4 Å². The third kappa shape index (κ3) is 3.07. The van der Waals surface area contributed by atoms with Crippen LogP contribution in [0.1, 0.15) is 11.3 Å². The minimum Gasteiger partial charge on any atom is -0.468 e. The van der Waals surface area contributed by atoms with Gasteiger partial charge in [0.05, 0.1) is 11.2 Å². The van der Waals surface area contributed by atoms with Gasteiger partial charge in [0.2, 0.25) is 0 Å². The fraction of sp³-hybridized carbons (Fsp3) is 0.167. The van der Waals surface area contributed by atoms with Gasteiger partial charge in [-0.3, -0.25) is 16.0 Å². The van der Waals surface area contributed by atoms with Gasteiger partial charge in [0.15, 0.2) is 0 Å². The van der Waals surface area contributed by atoms with Gasteiger partial charge >= 0.3 is 0 Å². The Morgan fingerprint density at radius 3 is 2.84 bits per heavy atom. The number of thioether (sulfide) groups is 1. The van der Waals surface area contributed by atoms with Gasteiger partial charge in [0, 0.05) is 16.7 Å². The van der Waals surface area contributed by atoms with Gasteiger partial charge in [-0.1, -0.05) is 6.07 Å². The van der Waals surface area contributed by atoms with E-state index in [-0.39, 0.29) is 5.69 Å². The highest BCUT2D eigenvalue weighted by atomic mass is 32.2. The Morgan fingerprint density at radius 2 is 2.26 bits per heavy atom. The molecule has 100 valence electrons. The Labute approximate surface area is 114 Å². The average Bonchev–Trinajstić information content (AvgIpc) is 2.81. The number of furan rings is 1. The highest BCUT2D eigenvalue weighted by Crippen LogP contribution is 2.30. The van der Waals surface area contributed by atoms with Crippen LogP contribution >= 0.6 is 11.8 Å². The van der Waals surface area contributed by atoms with Crippen molar-refractivity contribution in [2.24, 2.45) is 5.84 Å². The average molecular weight is 279 g/mol. The second kappa shape index (κ2) is 5.77. The number of nitrogen functional groups attached to an aromatic ring is 1. The zero-order valence-electron chi connectivity index (χ0n) is 10.3. The molecule has 0 aliphatic carbocycles. The molecule has 0 spiro atoms. The summed E-state index contributed by atoms with van der Waals surface area (Å²) in [4.78, 5) is 11.5. The molecular weight excluding hydrogens is 266 g/mol. The van der Waals surface area contributed by atoms with Crippen molar-refractivity contribution < 1.29 is 9.34 Å². The molecule has 1 aromatic heterocycles. The Balaban J connectivity index is 2.15. The number of anilines is 1. The number of nitrogens with two attached hydrogens (primary N) is 1. The van der Waals surface area contributed by atoms with E-state index in [4.69, 9.17) is 10.3 Å². The number of hydrogen-bond acceptors (Lipinski definition) is 6. The number of benzene rings is 1. The summed E-state index contributed by atoms with van der Waals surface area (Å²) in [5, 5.41) is 10.9. The van der Waals surface area contributed by atoms with E-state index in [2.05, 4.69) is 5.43 Å². The minimum absolute atomic E-state index is 0.0236. The molecule has 0 saturated carbocycles. The Hall–Kier alpha value is -1.99. The quantitative estimate of drug-likeness (QED) is 0.378. The molecule has 19 heavy (non-hydrogen) atoms.